The minimum atomic E-state index is 0.565. The Labute approximate surface area is 117 Å². The van der Waals surface area contributed by atoms with Crippen LogP contribution in [0.25, 0.3) is 0 Å². The van der Waals surface area contributed by atoms with Gasteiger partial charge in [0.1, 0.15) is 0 Å². The second kappa shape index (κ2) is 6.26. The van der Waals surface area contributed by atoms with Crippen molar-refractivity contribution in [3.8, 4) is 0 Å². The van der Waals surface area contributed by atoms with Crippen LogP contribution in [0.5, 0.6) is 0 Å². The zero-order valence-electron chi connectivity index (χ0n) is 10.5. The highest BCUT2D eigenvalue weighted by atomic mass is 79.9. The summed E-state index contributed by atoms with van der Waals surface area (Å²) in [7, 11) is 0. The van der Waals surface area contributed by atoms with Gasteiger partial charge in [-0.2, -0.15) is 11.8 Å². The average Bonchev–Trinajstić information content (AvgIpc) is 2.69. The van der Waals surface area contributed by atoms with Crippen molar-refractivity contribution in [3.05, 3.63) is 33.8 Å². The van der Waals surface area contributed by atoms with E-state index in [-0.39, 0.29) is 0 Å². The molecule has 1 N–H and O–H groups in total. The van der Waals surface area contributed by atoms with Crippen LogP contribution in [-0.2, 0) is 6.42 Å². The Kier molecular flexibility index (Phi) is 4.95. The van der Waals surface area contributed by atoms with Crippen molar-refractivity contribution in [3.63, 3.8) is 0 Å². The summed E-state index contributed by atoms with van der Waals surface area (Å²) in [4.78, 5) is 0. The predicted molar refractivity (Wildman–Crippen MR) is 80.8 cm³/mol. The molecule has 1 aliphatic carbocycles. The lowest BCUT2D eigenvalue weighted by Crippen LogP contribution is -2.29. The number of hydrogen-bond acceptors (Lipinski definition) is 2. The van der Waals surface area contributed by atoms with Gasteiger partial charge >= 0.3 is 0 Å². The number of fused-ring (bicyclic) bond motifs is 1. The standard InChI is InChI=1S/C14H20BrNS/c1-10(7-8-17-2)16-14-6-3-11-9-12(15)4-5-13(11)14/h4-5,9-10,14,16H,3,6-8H2,1-2H3. The number of benzene rings is 1. The smallest absolute Gasteiger partial charge is 0.0328 e. The molecule has 0 saturated heterocycles. The third kappa shape index (κ3) is 3.49. The van der Waals surface area contributed by atoms with Crippen LogP contribution in [0, 0.1) is 0 Å². The van der Waals surface area contributed by atoms with Crippen LogP contribution < -0.4 is 5.32 Å². The van der Waals surface area contributed by atoms with Crippen LogP contribution in [0.15, 0.2) is 22.7 Å². The Morgan fingerprint density at radius 2 is 2.35 bits per heavy atom. The lowest BCUT2D eigenvalue weighted by molar-refractivity contribution is 0.446. The second-order valence-electron chi connectivity index (χ2n) is 4.78. The van der Waals surface area contributed by atoms with Gasteiger partial charge in [0, 0.05) is 16.6 Å². The van der Waals surface area contributed by atoms with Crippen molar-refractivity contribution in [2.45, 2.75) is 38.3 Å². The van der Waals surface area contributed by atoms with Crippen LogP contribution >= 0.6 is 27.7 Å². The molecule has 0 heterocycles. The second-order valence-corrected chi connectivity index (χ2v) is 6.68. The van der Waals surface area contributed by atoms with E-state index in [0.29, 0.717) is 12.1 Å². The molecule has 0 amide bonds. The van der Waals surface area contributed by atoms with Gasteiger partial charge in [0.25, 0.3) is 0 Å². The van der Waals surface area contributed by atoms with Crippen LogP contribution in [-0.4, -0.2) is 18.1 Å². The molecule has 3 heteroatoms. The van der Waals surface area contributed by atoms with Gasteiger partial charge in [-0.1, -0.05) is 22.0 Å². The van der Waals surface area contributed by atoms with E-state index in [1.54, 1.807) is 0 Å². The van der Waals surface area contributed by atoms with E-state index in [4.69, 9.17) is 0 Å². The van der Waals surface area contributed by atoms with Gasteiger partial charge in [-0.05, 0) is 61.5 Å². The molecule has 0 bridgehead atoms. The SMILES string of the molecule is CSCCC(C)NC1CCc2cc(Br)ccc21. The van der Waals surface area contributed by atoms with Crippen molar-refractivity contribution in [2.24, 2.45) is 0 Å². The van der Waals surface area contributed by atoms with E-state index in [2.05, 4.69) is 52.6 Å². The highest BCUT2D eigenvalue weighted by Gasteiger charge is 2.23. The number of nitrogens with one attached hydrogen (secondary N) is 1. The van der Waals surface area contributed by atoms with Crippen molar-refractivity contribution in [2.75, 3.05) is 12.0 Å². The van der Waals surface area contributed by atoms with E-state index < -0.39 is 0 Å². The first-order chi connectivity index (χ1) is 8.20. The first kappa shape index (κ1) is 13.4. The average molecular weight is 314 g/mol. The summed E-state index contributed by atoms with van der Waals surface area (Å²) in [5.41, 5.74) is 3.01. The van der Waals surface area contributed by atoms with Crippen molar-refractivity contribution in [1.29, 1.82) is 0 Å². The molecular formula is C14H20BrNS. The van der Waals surface area contributed by atoms with Gasteiger partial charge in [-0.15, -0.1) is 0 Å². The van der Waals surface area contributed by atoms with Crippen LogP contribution in [0.2, 0.25) is 0 Å². The molecule has 0 aliphatic heterocycles. The summed E-state index contributed by atoms with van der Waals surface area (Å²) in [6.45, 7) is 2.30. The van der Waals surface area contributed by atoms with Crippen LogP contribution in [0.4, 0.5) is 0 Å². The molecule has 0 spiro atoms. The molecule has 2 atom stereocenters. The maximum absolute atomic E-state index is 3.76. The van der Waals surface area contributed by atoms with Gasteiger partial charge < -0.3 is 5.32 Å². The van der Waals surface area contributed by atoms with Crippen molar-refractivity contribution >= 4 is 27.7 Å². The van der Waals surface area contributed by atoms with Gasteiger partial charge in [0.2, 0.25) is 0 Å². The maximum Gasteiger partial charge on any atom is 0.0328 e. The fourth-order valence-electron chi connectivity index (χ4n) is 2.48. The van der Waals surface area contributed by atoms with Crippen molar-refractivity contribution in [1.82, 2.24) is 5.32 Å². The van der Waals surface area contributed by atoms with E-state index in [0.717, 1.165) is 0 Å². The zero-order chi connectivity index (χ0) is 12.3. The van der Waals surface area contributed by atoms with E-state index in [1.807, 2.05) is 11.8 Å². The Balaban J connectivity index is 1.97. The van der Waals surface area contributed by atoms with Crippen LogP contribution in [0.3, 0.4) is 0 Å². The number of halogens is 1. The molecule has 1 aliphatic rings. The fourth-order valence-corrected chi connectivity index (χ4v) is 3.48. The molecule has 17 heavy (non-hydrogen) atoms. The first-order valence-electron chi connectivity index (χ1n) is 6.24. The quantitative estimate of drug-likeness (QED) is 0.875. The first-order valence-corrected chi connectivity index (χ1v) is 8.42. The summed E-state index contributed by atoms with van der Waals surface area (Å²) in [5, 5.41) is 3.76. The van der Waals surface area contributed by atoms with Gasteiger partial charge in [0.15, 0.2) is 0 Å². The molecule has 1 nitrogen and oxygen atoms in total. The van der Waals surface area contributed by atoms with Crippen LogP contribution in [0.1, 0.15) is 36.9 Å². The summed E-state index contributed by atoms with van der Waals surface area (Å²) in [6, 6.07) is 7.87. The summed E-state index contributed by atoms with van der Waals surface area (Å²) in [5.74, 6) is 1.24. The number of thioether (sulfide) groups is 1. The molecule has 0 fully saturated rings. The number of rotatable bonds is 5. The predicted octanol–water partition coefficient (Wildman–Crippen LogP) is 4.17. The Morgan fingerprint density at radius 1 is 1.53 bits per heavy atom. The third-order valence-electron chi connectivity index (χ3n) is 3.42. The maximum atomic E-state index is 3.76. The lowest BCUT2D eigenvalue weighted by atomic mass is 10.1. The summed E-state index contributed by atoms with van der Waals surface area (Å²) < 4.78 is 1.20. The van der Waals surface area contributed by atoms with E-state index in [9.17, 15) is 0 Å². The molecular weight excluding hydrogens is 294 g/mol. The normalized spacial score (nSPS) is 20.3. The van der Waals surface area contributed by atoms with E-state index >= 15 is 0 Å². The fraction of sp³-hybridized carbons (Fsp3) is 0.571. The lowest BCUT2D eigenvalue weighted by Gasteiger charge is -2.20. The Hall–Kier alpha value is 0.01000. The minimum Gasteiger partial charge on any atom is -0.307 e. The molecule has 1 aromatic rings. The Bertz CT molecular complexity index is 380. The monoisotopic (exact) mass is 313 g/mol. The summed E-state index contributed by atoms with van der Waals surface area (Å²) >= 11 is 5.48. The van der Waals surface area contributed by atoms with Crippen molar-refractivity contribution < 1.29 is 0 Å². The molecule has 0 saturated carbocycles. The van der Waals surface area contributed by atoms with Gasteiger partial charge in [0.05, 0.1) is 0 Å². The molecule has 0 aromatic heterocycles. The molecule has 0 radical (unpaired) electrons. The third-order valence-corrected chi connectivity index (χ3v) is 4.56. The largest absolute Gasteiger partial charge is 0.307 e. The molecule has 2 rings (SSSR count). The zero-order valence-corrected chi connectivity index (χ0v) is 12.9. The topological polar surface area (TPSA) is 12.0 Å². The number of hydrogen-bond donors (Lipinski definition) is 1. The number of aryl methyl sites for hydroxylation is 1. The Morgan fingerprint density at radius 3 is 3.12 bits per heavy atom. The van der Waals surface area contributed by atoms with Gasteiger partial charge in [-0.3, -0.25) is 0 Å². The minimum absolute atomic E-state index is 0.565. The highest BCUT2D eigenvalue weighted by Crippen LogP contribution is 2.33. The molecule has 2 unspecified atom stereocenters. The van der Waals surface area contributed by atoms with E-state index in [1.165, 1.54) is 40.6 Å². The molecule has 1 aromatic carbocycles. The summed E-state index contributed by atoms with van der Waals surface area (Å²) in [6.07, 6.45) is 5.88. The highest BCUT2D eigenvalue weighted by molar-refractivity contribution is 9.10. The molecule has 94 valence electrons. The van der Waals surface area contributed by atoms with Gasteiger partial charge in [-0.25, -0.2) is 0 Å².